The standard InChI is InChI=1S/C29H27N3/c1-19(30)25(27-18-32-14-6-10-21-9-5-11-24(27)29(21)32)16-23-17-31-28-13-12-22(15-26(23)28)20-7-3-2-4-8-20/h2-5,7-9,11-13,15,17-18,25,30-31H,6,10,14,16H2,1H3. The van der Waals surface area contributed by atoms with Gasteiger partial charge in [-0.3, -0.25) is 0 Å². The summed E-state index contributed by atoms with van der Waals surface area (Å²) in [7, 11) is 0. The van der Waals surface area contributed by atoms with E-state index in [2.05, 4.69) is 88.7 Å². The highest BCUT2D eigenvalue weighted by molar-refractivity contribution is 5.96. The lowest BCUT2D eigenvalue weighted by molar-refractivity contribution is 0.633. The molecule has 2 aromatic heterocycles. The minimum Gasteiger partial charge on any atom is -0.361 e. The fraction of sp³-hybridized carbons (Fsp3) is 0.207. The molecule has 32 heavy (non-hydrogen) atoms. The quantitative estimate of drug-likeness (QED) is 0.286. The Labute approximate surface area is 188 Å². The van der Waals surface area contributed by atoms with Gasteiger partial charge in [0.1, 0.15) is 0 Å². The topological polar surface area (TPSA) is 44.6 Å². The third-order valence-electron chi connectivity index (χ3n) is 7.05. The molecule has 3 heterocycles. The molecule has 5 aromatic rings. The van der Waals surface area contributed by atoms with E-state index in [0.29, 0.717) is 0 Å². The number of rotatable bonds is 5. The maximum atomic E-state index is 8.67. The van der Waals surface area contributed by atoms with Gasteiger partial charge in [-0.15, -0.1) is 0 Å². The molecule has 6 rings (SSSR count). The van der Waals surface area contributed by atoms with Crippen LogP contribution >= 0.6 is 0 Å². The Hall–Kier alpha value is -3.59. The first-order valence-corrected chi connectivity index (χ1v) is 11.5. The second-order valence-electron chi connectivity index (χ2n) is 9.07. The maximum Gasteiger partial charge on any atom is 0.0515 e. The van der Waals surface area contributed by atoms with Gasteiger partial charge in [0.15, 0.2) is 0 Å². The Bertz CT molecular complexity index is 1450. The summed E-state index contributed by atoms with van der Waals surface area (Å²) in [5.41, 5.74) is 9.74. The number of aromatic nitrogens is 2. The summed E-state index contributed by atoms with van der Waals surface area (Å²) in [5, 5.41) is 11.2. The van der Waals surface area contributed by atoms with Gasteiger partial charge >= 0.3 is 0 Å². The highest BCUT2D eigenvalue weighted by Crippen LogP contribution is 2.36. The molecule has 0 saturated heterocycles. The van der Waals surface area contributed by atoms with Crippen molar-refractivity contribution in [2.75, 3.05) is 0 Å². The van der Waals surface area contributed by atoms with Crippen LogP contribution in [0.15, 0.2) is 79.1 Å². The summed E-state index contributed by atoms with van der Waals surface area (Å²) in [6.07, 6.45) is 7.63. The molecule has 0 radical (unpaired) electrons. The van der Waals surface area contributed by atoms with Crippen molar-refractivity contribution in [3.8, 4) is 11.1 Å². The van der Waals surface area contributed by atoms with Gasteiger partial charge in [-0.25, -0.2) is 0 Å². The van der Waals surface area contributed by atoms with Crippen LogP contribution in [0.5, 0.6) is 0 Å². The second kappa shape index (κ2) is 7.52. The van der Waals surface area contributed by atoms with E-state index in [9.17, 15) is 0 Å². The van der Waals surface area contributed by atoms with E-state index in [1.54, 1.807) is 0 Å². The third kappa shape index (κ3) is 3.08. The van der Waals surface area contributed by atoms with Crippen molar-refractivity contribution in [1.82, 2.24) is 9.55 Å². The Balaban J connectivity index is 1.44. The molecule has 1 unspecified atom stereocenters. The lowest BCUT2D eigenvalue weighted by Crippen LogP contribution is -2.11. The van der Waals surface area contributed by atoms with Crippen LogP contribution in [0.1, 0.15) is 36.0 Å². The van der Waals surface area contributed by atoms with Crippen molar-refractivity contribution in [2.24, 2.45) is 0 Å². The summed E-state index contributed by atoms with van der Waals surface area (Å²) in [5.74, 6) is 0.0754. The van der Waals surface area contributed by atoms with Crippen LogP contribution in [0.4, 0.5) is 0 Å². The summed E-state index contributed by atoms with van der Waals surface area (Å²) in [6.45, 7) is 3.03. The van der Waals surface area contributed by atoms with E-state index in [0.717, 1.165) is 30.6 Å². The first kappa shape index (κ1) is 19.1. The first-order valence-electron chi connectivity index (χ1n) is 11.5. The number of nitrogens with zero attached hydrogens (tertiary/aromatic N) is 1. The van der Waals surface area contributed by atoms with Crippen molar-refractivity contribution < 1.29 is 0 Å². The highest BCUT2D eigenvalue weighted by Gasteiger charge is 2.24. The Morgan fingerprint density at radius 1 is 1.00 bits per heavy atom. The largest absolute Gasteiger partial charge is 0.361 e. The zero-order chi connectivity index (χ0) is 21.7. The van der Waals surface area contributed by atoms with E-state index in [-0.39, 0.29) is 5.92 Å². The predicted molar refractivity (Wildman–Crippen MR) is 134 cm³/mol. The van der Waals surface area contributed by atoms with Crippen LogP contribution in [0.25, 0.3) is 32.9 Å². The summed E-state index contributed by atoms with van der Waals surface area (Å²) < 4.78 is 2.42. The highest BCUT2D eigenvalue weighted by atomic mass is 15.0. The van der Waals surface area contributed by atoms with Gasteiger partial charge in [-0.05, 0) is 66.1 Å². The Kier molecular flexibility index (Phi) is 4.50. The van der Waals surface area contributed by atoms with Crippen LogP contribution in [0.2, 0.25) is 0 Å². The normalized spacial score (nSPS) is 14.2. The van der Waals surface area contributed by atoms with Crippen LogP contribution in [0.3, 0.4) is 0 Å². The molecule has 0 amide bonds. The number of para-hydroxylation sites is 1. The number of hydrogen-bond acceptors (Lipinski definition) is 1. The molecule has 3 heteroatoms. The zero-order valence-corrected chi connectivity index (χ0v) is 18.4. The Morgan fingerprint density at radius 3 is 2.72 bits per heavy atom. The molecule has 0 saturated carbocycles. The molecule has 0 aliphatic carbocycles. The lowest BCUT2D eigenvalue weighted by Gasteiger charge is -2.16. The van der Waals surface area contributed by atoms with Gasteiger partial charge in [0.05, 0.1) is 5.52 Å². The second-order valence-corrected chi connectivity index (χ2v) is 9.07. The number of nitrogens with one attached hydrogen (secondary N) is 2. The molecule has 158 valence electrons. The van der Waals surface area contributed by atoms with Gasteiger partial charge in [0, 0.05) is 46.9 Å². The molecular formula is C29H27N3. The average molecular weight is 418 g/mol. The maximum absolute atomic E-state index is 8.67. The molecule has 3 aromatic carbocycles. The molecule has 0 fully saturated rings. The number of aryl methyl sites for hydroxylation is 2. The molecule has 1 aliphatic rings. The van der Waals surface area contributed by atoms with Crippen LogP contribution < -0.4 is 0 Å². The number of aromatic amines is 1. The van der Waals surface area contributed by atoms with Crippen molar-refractivity contribution >= 4 is 27.5 Å². The number of hydrogen-bond donors (Lipinski definition) is 2. The average Bonchev–Trinajstić information content (AvgIpc) is 3.40. The van der Waals surface area contributed by atoms with Gasteiger partial charge < -0.3 is 15.0 Å². The van der Waals surface area contributed by atoms with Crippen molar-refractivity contribution in [3.05, 3.63) is 95.8 Å². The van der Waals surface area contributed by atoms with Crippen molar-refractivity contribution in [1.29, 1.82) is 5.41 Å². The van der Waals surface area contributed by atoms with Crippen LogP contribution in [-0.2, 0) is 19.4 Å². The van der Waals surface area contributed by atoms with E-state index < -0.39 is 0 Å². The van der Waals surface area contributed by atoms with E-state index in [4.69, 9.17) is 5.41 Å². The molecule has 1 atom stereocenters. The summed E-state index contributed by atoms with van der Waals surface area (Å²) in [6, 6.07) is 23.9. The number of benzene rings is 3. The number of fused-ring (bicyclic) bond motifs is 1. The monoisotopic (exact) mass is 417 g/mol. The molecular weight excluding hydrogens is 390 g/mol. The van der Waals surface area contributed by atoms with E-state index in [1.807, 2.05) is 6.92 Å². The number of H-pyrrole nitrogens is 1. The smallest absolute Gasteiger partial charge is 0.0515 e. The Morgan fingerprint density at radius 2 is 1.88 bits per heavy atom. The molecule has 2 N–H and O–H groups in total. The van der Waals surface area contributed by atoms with Gasteiger partial charge in [-0.2, -0.15) is 0 Å². The third-order valence-corrected chi connectivity index (χ3v) is 7.05. The fourth-order valence-electron chi connectivity index (χ4n) is 5.43. The lowest BCUT2D eigenvalue weighted by atomic mass is 9.87. The van der Waals surface area contributed by atoms with Gasteiger partial charge in [-0.1, -0.05) is 54.6 Å². The molecule has 0 spiro atoms. The van der Waals surface area contributed by atoms with Crippen molar-refractivity contribution in [2.45, 2.75) is 38.6 Å². The van der Waals surface area contributed by atoms with E-state index >= 15 is 0 Å². The van der Waals surface area contributed by atoms with Gasteiger partial charge in [0.25, 0.3) is 0 Å². The SMILES string of the molecule is CC(=N)C(Cc1c[nH]c2ccc(-c3ccccc3)cc12)c1cn2c3c(cccc13)CCC2. The van der Waals surface area contributed by atoms with Crippen LogP contribution in [-0.4, -0.2) is 15.3 Å². The fourth-order valence-corrected chi connectivity index (χ4v) is 5.43. The zero-order valence-electron chi connectivity index (χ0n) is 18.4. The molecule has 1 aliphatic heterocycles. The predicted octanol–water partition coefficient (Wildman–Crippen LogP) is 7.10. The van der Waals surface area contributed by atoms with Gasteiger partial charge in [0.2, 0.25) is 0 Å². The minimum absolute atomic E-state index is 0.0754. The minimum atomic E-state index is 0.0754. The van der Waals surface area contributed by atoms with Crippen LogP contribution in [0, 0.1) is 5.41 Å². The summed E-state index contributed by atoms with van der Waals surface area (Å²) >= 11 is 0. The molecule has 3 nitrogen and oxygen atoms in total. The summed E-state index contributed by atoms with van der Waals surface area (Å²) in [4.78, 5) is 3.46. The first-order chi connectivity index (χ1) is 15.7. The molecule has 0 bridgehead atoms. The van der Waals surface area contributed by atoms with E-state index in [1.165, 1.54) is 50.5 Å². The van der Waals surface area contributed by atoms with Crippen molar-refractivity contribution in [3.63, 3.8) is 0 Å².